The first-order valence-electron chi connectivity index (χ1n) is 10.3. The van der Waals surface area contributed by atoms with Crippen molar-refractivity contribution in [3.63, 3.8) is 0 Å². The van der Waals surface area contributed by atoms with Gasteiger partial charge in [0.15, 0.2) is 0 Å². The van der Waals surface area contributed by atoms with Crippen molar-refractivity contribution in [3.05, 3.63) is 54.1 Å². The lowest BCUT2D eigenvalue weighted by Gasteiger charge is -2.41. The molecule has 1 atom stereocenters. The summed E-state index contributed by atoms with van der Waals surface area (Å²) in [5.41, 5.74) is 1.92. The van der Waals surface area contributed by atoms with Crippen molar-refractivity contribution in [1.29, 1.82) is 0 Å². The second kappa shape index (κ2) is 9.04. The predicted octanol–water partition coefficient (Wildman–Crippen LogP) is 7.17. The molecule has 3 rings (SSSR count). The zero-order valence-electron chi connectivity index (χ0n) is 15.9. The van der Waals surface area contributed by atoms with Crippen LogP contribution in [-0.4, -0.2) is 5.24 Å². The van der Waals surface area contributed by atoms with E-state index in [-0.39, 0.29) is 5.24 Å². The molecule has 1 nitrogen and oxygen atoms in total. The molecule has 140 valence electrons. The summed E-state index contributed by atoms with van der Waals surface area (Å²) in [5.74, 6) is 1.24. The van der Waals surface area contributed by atoms with Gasteiger partial charge in [-0.3, -0.25) is 4.79 Å². The first-order chi connectivity index (χ1) is 12.7. The number of allylic oxidation sites excluding steroid dienone is 4. The Hall–Kier alpha value is -1.34. The standard InChI is InChI=1S/C24H31ClO/c1-2-3-5-8-19-11-13-22(14-12-19)24(23(25)26)17-15-21(16-18-24)20-9-6-4-7-10-20/h4,6-7,9-10,15-17,19,22H,2-3,5,8,11-14,18H2,1H3. The molecule has 1 fully saturated rings. The molecule has 0 saturated heterocycles. The zero-order valence-corrected chi connectivity index (χ0v) is 16.7. The van der Waals surface area contributed by atoms with E-state index in [1.807, 2.05) is 6.07 Å². The van der Waals surface area contributed by atoms with Crippen LogP contribution < -0.4 is 0 Å². The molecule has 0 heterocycles. The molecular weight excluding hydrogens is 340 g/mol. The normalized spacial score (nSPS) is 28.6. The minimum Gasteiger partial charge on any atom is -0.280 e. The van der Waals surface area contributed by atoms with E-state index in [9.17, 15) is 4.79 Å². The third-order valence-electron chi connectivity index (χ3n) is 6.48. The second-order valence-corrected chi connectivity index (χ2v) is 8.43. The molecule has 0 aromatic heterocycles. The van der Waals surface area contributed by atoms with Crippen molar-refractivity contribution in [2.24, 2.45) is 17.3 Å². The molecule has 2 aliphatic carbocycles. The van der Waals surface area contributed by atoms with Gasteiger partial charge in [0.2, 0.25) is 5.24 Å². The van der Waals surface area contributed by atoms with Gasteiger partial charge in [-0.25, -0.2) is 0 Å². The first kappa shape index (κ1) is 19.4. The molecule has 2 heteroatoms. The van der Waals surface area contributed by atoms with Crippen LogP contribution >= 0.6 is 11.6 Å². The number of hydrogen-bond donors (Lipinski definition) is 0. The van der Waals surface area contributed by atoms with E-state index in [4.69, 9.17) is 11.6 Å². The third kappa shape index (κ3) is 4.31. The highest BCUT2D eigenvalue weighted by Crippen LogP contribution is 2.48. The van der Waals surface area contributed by atoms with E-state index in [1.54, 1.807) is 0 Å². The predicted molar refractivity (Wildman–Crippen MR) is 111 cm³/mol. The number of carbonyl (C=O) groups excluding carboxylic acids is 1. The summed E-state index contributed by atoms with van der Waals surface area (Å²) >= 11 is 6.16. The molecule has 2 aliphatic rings. The lowest BCUT2D eigenvalue weighted by Crippen LogP contribution is -2.37. The Labute approximate surface area is 163 Å². The second-order valence-electron chi connectivity index (χ2n) is 8.09. The summed E-state index contributed by atoms with van der Waals surface area (Å²) in [6.07, 6.45) is 17.3. The molecule has 0 radical (unpaired) electrons. The topological polar surface area (TPSA) is 17.1 Å². The average Bonchev–Trinajstić information content (AvgIpc) is 2.69. The SMILES string of the molecule is CCCCCC1CCC(C2(C(=O)Cl)C=CC(c3ccccc3)=CC2)CC1. The van der Waals surface area contributed by atoms with Gasteiger partial charge in [-0.15, -0.1) is 0 Å². The van der Waals surface area contributed by atoms with Gasteiger partial charge >= 0.3 is 0 Å². The van der Waals surface area contributed by atoms with Gasteiger partial charge in [0, 0.05) is 0 Å². The van der Waals surface area contributed by atoms with Crippen LogP contribution in [0.3, 0.4) is 0 Å². The zero-order chi connectivity index (χ0) is 18.4. The number of benzene rings is 1. The lowest BCUT2D eigenvalue weighted by atomic mass is 9.63. The molecule has 0 aliphatic heterocycles. The van der Waals surface area contributed by atoms with E-state index >= 15 is 0 Å². The molecule has 1 aromatic rings. The van der Waals surface area contributed by atoms with Crippen LogP contribution in [0.5, 0.6) is 0 Å². The highest BCUT2D eigenvalue weighted by molar-refractivity contribution is 6.65. The van der Waals surface area contributed by atoms with Gasteiger partial charge in [0.1, 0.15) is 0 Å². The first-order valence-corrected chi connectivity index (χ1v) is 10.7. The molecular formula is C24H31ClO. The van der Waals surface area contributed by atoms with Gasteiger partial charge in [-0.1, -0.05) is 94.0 Å². The number of unbranched alkanes of at least 4 members (excludes halogenated alkanes) is 2. The Balaban J connectivity index is 1.65. The van der Waals surface area contributed by atoms with Crippen molar-refractivity contribution in [3.8, 4) is 0 Å². The van der Waals surface area contributed by atoms with Crippen molar-refractivity contribution in [2.45, 2.75) is 64.7 Å². The Bertz CT molecular complexity index is 652. The monoisotopic (exact) mass is 370 g/mol. The maximum atomic E-state index is 12.4. The number of hydrogen-bond acceptors (Lipinski definition) is 1. The fraction of sp³-hybridized carbons (Fsp3) is 0.542. The van der Waals surface area contributed by atoms with Crippen LogP contribution in [-0.2, 0) is 4.79 Å². The molecule has 0 spiro atoms. The molecule has 26 heavy (non-hydrogen) atoms. The van der Waals surface area contributed by atoms with Gasteiger partial charge in [0.05, 0.1) is 5.41 Å². The van der Waals surface area contributed by atoms with Crippen LogP contribution in [0.4, 0.5) is 0 Å². The Morgan fingerprint density at radius 1 is 1.12 bits per heavy atom. The number of rotatable bonds is 7. The summed E-state index contributed by atoms with van der Waals surface area (Å²) in [7, 11) is 0. The van der Waals surface area contributed by atoms with Crippen molar-refractivity contribution in [1.82, 2.24) is 0 Å². The maximum Gasteiger partial charge on any atom is 0.232 e. The quantitative estimate of drug-likeness (QED) is 0.367. The summed E-state index contributed by atoms with van der Waals surface area (Å²) < 4.78 is 0. The van der Waals surface area contributed by atoms with Gasteiger partial charge in [-0.05, 0) is 53.8 Å². The number of halogens is 1. The summed E-state index contributed by atoms with van der Waals surface area (Å²) in [6, 6.07) is 10.4. The highest BCUT2D eigenvalue weighted by atomic mass is 35.5. The van der Waals surface area contributed by atoms with Crippen LogP contribution in [0.15, 0.2) is 48.6 Å². The smallest absolute Gasteiger partial charge is 0.232 e. The molecule has 0 amide bonds. The third-order valence-corrected chi connectivity index (χ3v) is 6.84. The minimum atomic E-state index is -0.492. The van der Waals surface area contributed by atoms with E-state index in [2.05, 4.69) is 49.4 Å². The van der Waals surface area contributed by atoms with E-state index in [0.717, 1.165) is 25.2 Å². The Kier molecular flexibility index (Phi) is 6.75. The van der Waals surface area contributed by atoms with Crippen molar-refractivity contribution in [2.75, 3.05) is 0 Å². The van der Waals surface area contributed by atoms with E-state index < -0.39 is 5.41 Å². The largest absolute Gasteiger partial charge is 0.280 e. The van der Waals surface area contributed by atoms with E-state index in [1.165, 1.54) is 49.7 Å². The van der Waals surface area contributed by atoms with Crippen LogP contribution in [0.2, 0.25) is 0 Å². The van der Waals surface area contributed by atoms with Gasteiger partial charge in [-0.2, -0.15) is 0 Å². The molecule has 1 unspecified atom stereocenters. The van der Waals surface area contributed by atoms with Crippen molar-refractivity contribution < 1.29 is 4.79 Å². The Morgan fingerprint density at radius 3 is 2.42 bits per heavy atom. The Morgan fingerprint density at radius 2 is 1.85 bits per heavy atom. The minimum absolute atomic E-state index is 0.174. The average molecular weight is 371 g/mol. The molecule has 1 aromatic carbocycles. The molecule has 0 N–H and O–H groups in total. The fourth-order valence-electron chi connectivity index (χ4n) is 4.76. The van der Waals surface area contributed by atoms with Crippen LogP contribution in [0, 0.1) is 17.3 Å². The van der Waals surface area contributed by atoms with Gasteiger partial charge < -0.3 is 0 Å². The van der Waals surface area contributed by atoms with Crippen LogP contribution in [0.1, 0.15) is 70.3 Å². The van der Waals surface area contributed by atoms with Crippen molar-refractivity contribution >= 4 is 22.4 Å². The summed E-state index contributed by atoms with van der Waals surface area (Å²) in [6.45, 7) is 2.26. The van der Waals surface area contributed by atoms with Crippen LogP contribution in [0.25, 0.3) is 5.57 Å². The summed E-state index contributed by atoms with van der Waals surface area (Å²) in [4.78, 5) is 12.4. The molecule has 1 saturated carbocycles. The van der Waals surface area contributed by atoms with Gasteiger partial charge in [0.25, 0.3) is 0 Å². The number of carbonyl (C=O) groups is 1. The van der Waals surface area contributed by atoms with E-state index in [0.29, 0.717) is 5.92 Å². The lowest BCUT2D eigenvalue weighted by molar-refractivity contribution is -0.121. The molecule has 0 bridgehead atoms. The maximum absolute atomic E-state index is 12.4. The summed E-state index contributed by atoms with van der Waals surface area (Å²) in [5, 5.41) is -0.174. The fourth-order valence-corrected chi connectivity index (χ4v) is 5.05. The highest BCUT2D eigenvalue weighted by Gasteiger charge is 2.44.